The standard InChI is InChI=1S/C15H19NO5/c17-11-4-1-5-12(18)14(11)15(21)16-8-2-3-10(9-16)6-7-13(19)20/h1,4-5,10,17-18H,2-3,6-9H2,(H,19,20). The maximum Gasteiger partial charge on any atom is 0.303 e. The molecule has 114 valence electrons. The van der Waals surface area contributed by atoms with Crippen molar-refractivity contribution in [3.63, 3.8) is 0 Å². The van der Waals surface area contributed by atoms with Crippen molar-refractivity contribution in [2.24, 2.45) is 5.92 Å². The highest BCUT2D eigenvalue weighted by molar-refractivity contribution is 5.99. The summed E-state index contributed by atoms with van der Waals surface area (Å²) in [7, 11) is 0. The van der Waals surface area contributed by atoms with E-state index in [9.17, 15) is 19.8 Å². The molecular formula is C15H19NO5. The number of carboxylic acids is 1. The number of hydrogen-bond acceptors (Lipinski definition) is 4. The van der Waals surface area contributed by atoms with Crippen molar-refractivity contribution in [3.8, 4) is 11.5 Å². The average Bonchev–Trinajstić information content (AvgIpc) is 2.45. The van der Waals surface area contributed by atoms with Crippen LogP contribution < -0.4 is 0 Å². The largest absolute Gasteiger partial charge is 0.507 e. The van der Waals surface area contributed by atoms with Crippen molar-refractivity contribution in [1.82, 2.24) is 4.90 Å². The Morgan fingerprint density at radius 2 is 1.90 bits per heavy atom. The molecule has 6 heteroatoms. The maximum atomic E-state index is 12.4. The molecule has 1 unspecified atom stereocenters. The van der Waals surface area contributed by atoms with Crippen molar-refractivity contribution in [3.05, 3.63) is 23.8 Å². The van der Waals surface area contributed by atoms with Crippen molar-refractivity contribution >= 4 is 11.9 Å². The van der Waals surface area contributed by atoms with E-state index in [0.717, 1.165) is 12.8 Å². The first kappa shape index (κ1) is 15.2. The van der Waals surface area contributed by atoms with Gasteiger partial charge >= 0.3 is 5.97 Å². The Hall–Kier alpha value is -2.24. The number of carbonyl (C=O) groups is 2. The van der Waals surface area contributed by atoms with Crippen molar-refractivity contribution < 1.29 is 24.9 Å². The van der Waals surface area contributed by atoms with E-state index in [0.29, 0.717) is 19.5 Å². The van der Waals surface area contributed by atoms with Gasteiger partial charge < -0.3 is 20.2 Å². The molecule has 0 bridgehead atoms. The molecule has 0 radical (unpaired) electrons. The fourth-order valence-electron chi connectivity index (χ4n) is 2.72. The van der Waals surface area contributed by atoms with Gasteiger partial charge in [0.25, 0.3) is 5.91 Å². The molecular weight excluding hydrogens is 274 g/mol. The van der Waals surface area contributed by atoms with E-state index < -0.39 is 11.9 Å². The number of phenolic OH excluding ortho intramolecular Hbond substituents is 2. The Kier molecular flexibility index (Phi) is 4.67. The lowest BCUT2D eigenvalue weighted by molar-refractivity contribution is -0.137. The zero-order valence-electron chi connectivity index (χ0n) is 11.7. The second-order valence-electron chi connectivity index (χ2n) is 5.36. The van der Waals surface area contributed by atoms with E-state index in [2.05, 4.69) is 0 Å². The highest BCUT2D eigenvalue weighted by Gasteiger charge is 2.27. The van der Waals surface area contributed by atoms with E-state index in [-0.39, 0.29) is 29.4 Å². The number of amides is 1. The maximum absolute atomic E-state index is 12.4. The second kappa shape index (κ2) is 6.47. The van der Waals surface area contributed by atoms with E-state index in [4.69, 9.17) is 5.11 Å². The number of carbonyl (C=O) groups excluding carboxylic acids is 1. The van der Waals surface area contributed by atoms with Crippen LogP contribution in [0.2, 0.25) is 0 Å². The van der Waals surface area contributed by atoms with Gasteiger partial charge in [0.2, 0.25) is 0 Å². The topological polar surface area (TPSA) is 98.1 Å². The molecule has 1 saturated heterocycles. The smallest absolute Gasteiger partial charge is 0.303 e. The Bertz CT molecular complexity index is 523. The first-order valence-corrected chi connectivity index (χ1v) is 7.01. The van der Waals surface area contributed by atoms with Crippen molar-refractivity contribution in [2.75, 3.05) is 13.1 Å². The van der Waals surface area contributed by atoms with Gasteiger partial charge in [-0.1, -0.05) is 6.07 Å². The minimum Gasteiger partial charge on any atom is -0.507 e. The van der Waals surface area contributed by atoms with Crippen LogP contribution in [0.15, 0.2) is 18.2 Å². The summed E-state index contributed by atoms with van der Waals surface area (Å²) in [5.74, 6) is -1.59. The molecule has 2 rings (SSSR count). The Morgan fingerprint density at radius 1 is 1.24 bits per heavy atom. The van der Waals surface area contributed by atoms with E-state index in [1.54, 1.807) is 4.90 Å². The average molecular weight is 293 g/mol. The minimum absolute atomic E-state index is 0.0867. The van der Waals surface area contributed by atoms with Gasteiger partial charge in [-0.15, -0.1) is 0 Å². The van der Waals surface area contributed by atoms with Gasteiger partial charge in [0.15, 0.2) is 0 Å². The molecule has 1 aliphatic heterocycles. The molecule has 1 aromatic carbocycles. The molecule has 0 saturated carbocycles. The predicted octanol–water partition coefficient (Wildman–Crippen LogP) is 1.81. The molecule has 1 aliphatic rings. The number of benzene rings is 1. The van der Waals surface area contributed by atoms with Crippen LogP contribution in [0.3, 0.4) is 0 Å². The van der Waals surface area contributed by atoms with E-state index in [1.807, 2.05) is 0 Å². The van der Waals surface area contributed by atoms with Gasteiger partial charge in [-0.2, -0.15) is 0 Å². The number of piperidine rings is 1. The van der Waals surface area contributed by atoms with E-state index in [1.165, 1.54) is 18.2 Å². The summed E-state index contributed by atoms with van der Waals surface area (Å²) in [6, 6.07) is 4.19. The van der Waals surface area contributed by atoms with Crippen molar-refractivity contribution in [1.29, 1.82) is 0 Å². The third kappa shape index (κ3) is 3.65. The van der Waals surface area contributed by atoms with Crippen LogP contribution in [0.5, 0.6) is 11.5 Å². The van der Waals surface area contributed by atoms with Gasteiger partial charge in [-0.25, -0.2) is 0 Å². The van der Waals surface area contributed by atoms with Gasteiger partial charge in [0.1, 0.15) is 17.1 Å². The van der Waals surface area contributed by atoms with Crippen LogP contribution in [-0.4, -0.2) is 45.2 Å². The monoisotopic (exact) mass is 293 g/mol. The molecule has 1 amide bonds. The first-order valence-electron chi connectivity index (χ1n) is 7.01. The van der Waals surface area contributed by atoms with Crippen molar-refractivity contribution in [2.45, 2.75) is 25.7 Å². The summed E-state index contributed by atoms with van der Waals surface area (Å²) >= 11 is 0. The van der Waals surface area contributed by atoms with Crippen LogP contribution in [0, 0.1) is 5.92 Å². The van der Waals surface area contributed by atoms with Crippen LogP contribution in [0.4, 0.5) is 0 Å². The summed E-state index contributed by atoms with van der Waals surface area (Å²) in [5, 5.41) is 28.2. The lowest BCUT2D eigenvalue weighted by Gasteiger charge is -2.33. The number of likely N-dealkylation sites (tertiary alicyclic amines) is 1. The molecule has 1 atom stereocenters. The van der Waals surface area contributed by atoms with E-state index >= 15 is 0 Å². The SMILES string of the molecule is O=C(O)CCC1CCCN(C(=O)c2c(O)cccc2O)C1. The normalized spacial score (nSPS) is 18.5. The zero-order valence-corrected chi connectivity index (χ0v) is 11.7. The molecule has 21 heavy (non-hydrogen) atoms. The van der Waals surface area contributed by atoms with Gasteiger partial charge in [0.05, 0.1) is 0 Å². The van der Waals surface area contributed by atoms with Gasteiger partial charge in [-0.3, -0.25) is 9.59 Å². The Balaban J connectivity index is 2.07. The highest BCUT2D eigenvalue weighted by atomic mass is 16.4. The fraction of sp³-hybridized carbons (Fsp3) is 0.467. The molecule has 6 nitrogen and oxygen atoms in total. The number of aliphatic carboxylic acids is 1. The van der Waals surface area contributed by atoms with Crippen LogP contribution in [0.1, 0.15) is 36.0 Å². The quantitative estimate of drug-likeness (QED) is 0.786. The third-order valence-corrected chi connectivity index (χ3v) is 3.81. The number of phenols is 2. The zero-order chi connectivity index (χ0) is 15.4. The van der Waals surface area contributed by atoms with Crippen LogP contribution >= 0.6 is 0 Å². The number of hydrogen-bond donors (Lipinski definition) is 3. The number of nitrogens with zero attached hydrogens (tertiary/aromatic N) is 1. The van der Waals surface area contributed by atoms with Gasteiger partial charge in [0, 0.05) is 19.5 Å². The Labute approximate surface area is 122 Å². The van der Waals surface area contributed by atoms with Crippen LogP contribution in [0.25, 0.3) is 0 Å². The Morgan fingerprint density at radius 3 is 2.52 bits per heavy atom. The molecule has 3 N–H and O–H groups in total. The number of carboxylic acid groups (broad SMARTS) is 1. The lowest BCUT2D eigenvalue weighted by Crippen LogP contribution is -2.40. The molecule has 0 aliphatic carbocycles. The molecule has 1 fully saturated rings. The number of aromatic hydroxyl groups is 2. The lowest BCUT2D eigenvalue weighted by atomic mass is 9.93. The molecule has 1 heterocycles. The molecule has 1 aromatic rings. The van der Waals surface area contributed by atoms with Gasteiger partial charge in [-0.05, 0) is 37.3 Å². The first-order chi connectivity index (χ1) is 9.99. The predicted molar refractivity (Wildman–Crippen MR) is 75.3 cm³/mol. The third-order valence-electron chi connectivity index (χ3n) is 3.81. The molecule has 0 aromatic heterocycles. The second-order valence-corrected chi connectivity index (χ2v) is 5.36. The summed E-state index contributed by atoms with van der Waals surface area (Å²) in [4.78, 5) is 24.6. The fourth-order valence-corrected chi connectivity index (χ4v) is 2.72. The summed E-state index contributed by atoms with van der Waals surface area (Å²) in [6.45, 7) is 1.01. The van der Waals surface area contributed by atoms with Crippen LogP contribution in [-0.2, 0) is 4.79 Å². The minimum atomic E-state index is -0.836. The highest BCUT2D eigenvalue weighted by Crippen LogP contribution is 2.30. The summed E-state index contributed by atoms with van der Waals surface area (Å²) < 4.78 is 0. The molecule has 0 spiro atoms. The number of rotatable bonds is 4. The summed E-state index contributed by atoms with van der Waals surface area (Å²) in [5.41, 5.74) is -0.0867. The summed E-state index contributed by atoms with van der Waals surface area (Å²) in [6.07, 6.45) is 2.31.